The standard InChI is InChI=1S/C24H24FNO2/c1-27-23-7-3-5-19-10-13-22(28-24(19)23)16-26-15-17-4-2-6-20(14-17)18-8-11-21(25)12-9-18/h2-9,11-12,14,22,26H,10,13,15-16H2,1H3/t22-/m1/s1. The first-order chi connectivity index (χ1) is 13.7. The quantitative estimate of drug-likeness (QED) is 0.657. The van der Waals surface area contributed by atoms with Crippen LogP contribution < -0.4 is 14.8 Å². The predicted octanol–water partition coefficient (Wildman–Crippen LogP) is 4.98. The number of ether oxygens (including phenoxy) is 2. The zero-order chi connectivity index (χ0) is 19.3. The summed E-state index contributed by atoms with van der Waals surface area (Å²) >= 11 is 0. The molecule has 0 amide bonds. The summed E-state index contributed by atoms with van der Waals surface area (Å²) in [5.74, 6) is 1.46. The molecule has 4 rings (SSSR count). The Balaban J connectivity index is 1.36. The third-order valence-electron chi connectivity index (χ3n) is 5.11. The van der Waals surface area contributed by atoms with Crippen LogP contribution in [0.1, 0.15) is 17.5 Å². The molecule has 1 atom stereocenters. The molecule has 28 heavy (non-hydrogen) atoms. The molecule has 0 saturated carbocycles. The average molecular weight is 377 g/mol. The number of rotatable bonds is 6. The Bertz CT molecular complexity index is 925. The van der Waals surface area contributed by atoms with Crippen molar-refractivity contribution in [1.29, 1.82) is 0 Å². The van der Waals surface area contributed by atoms with Crippen LogP contribution in [-0.2, 0) is 13.0 Å². The van der Waals surface area contributed by atoms with Gasteiger partial charge in [0.15, 0.2) is 11.5 Å². The van der Waals surface area contributed by atoms with Crippen molar-refractivity contribution in [2.75, 3.05) is 13.7 Å². The highest BCUT2D eigenvalue weighted by Crippen LogP contribution is 2.36. The second-order valence-electron chi connectivity index (χ2n) is 7.07. The Hall–Kier alpha value is -2.85. The summed E-state index contributed by atoms with van der Waals surface area (Å²) in [5.41, 5.74) is 4.51. The van der Waals surface area contributed by atoms with E-state index in [2.05, 4.69) is 23.5 Å². The second-order valence-corrected chi connectivity index (χ2v) is 7.07. The smallest absolute Gasteiger partial charge is 0.164 e. The zero-order valence-corrected chi connectivity index (χ0v) is 16.0. The van der Waals surface area contributed by atoms with E-state index in [1.165, 1.54) is 23.3 Å². The van der Waals surface area contributed by atoms with Crippen LogP contribution in [0.2, 0.25) is 0 Å². The van der Waals surface area contributed by atoms with Gasteiger partial charge in [0.25, 0.3) is 0 Å². The van der Waals surface area contributed by atoms with Crippen molar-refractivity contribution in [2.45, 2.75) is 25.5 Å². The molecule has 3 nitrogen and oxygen atoms in total. The summed E-state index contributed by atoms with van der Waals surface area (Å²) in [7, 11) is 1.68. The fourth-order valence-corrected chi connectivity index (χ4v) is 3.62. The summed E-state index contributed by atoms with van der Waals surface area (Å²) < 4.78 is 24.7. The number of nitrogens with one attached hydrogen (secondary N) is 1. The first-order valence-corrected chi connectivity index (χ1v) is 9.61. The van der Waals surface area contributed by atoms with Crippen molar-refractivity contribution in [3.05, 3.63) is 83.7 Å². The Morgan fingerprint density at radius 3 is 2.68 bits per heavy atom. The molecule has 4 heteroatoms. The van der Waals surface area contributed by atoms with Gasteiger partial charge in [0.05, 0.1) is 7.11 Å². The fraction of sp³-hybridized carbons (Fsp3) is 0.250. The van der Waals surface area contributed by atoms with Crippen LogP contribution in [0.5, 0.6) is 11.5 Å². The highest BCUT2D eigenvalue weighted by Gasteiger charge is 2.22. The van der Waals surface area contributed by atoms with Crippen LogP contribution in [0.4, 0.5) is 4.39 Å². The zero-order valence-electron chi connectivity index (χ0n) is 16.0. The van der Waals surface area contributed by atoms with Gasteiger partial charge in [-0.25, -0.2) is 4.39 Å². The van der Waals surface area contributed by atoms with Crippen LogP contribution in [0, 0.1) is 5.82 Å². The number of fused-ring (bicyclic) bond motifs is 1. The number of benzene rings is 3. The fourth-order valence-electron chi connectivity index (χ4n) is 3.62. The summed E-state index contributed by atoms with van der Waals surface area (Å²) in [6, 6.07) is 21.0. The number of halogens is 1. The van der Waals surface area contributed by atoms with Crippen molar-refractivity contribution in [3.63, 3.8) is 0 Å². The lowest BCUT2D eigenvalue weighted by Crippen LogP contribution is -2.34. The SMILES string of the molecule is COc1cccc2c1O[C@@H](CNCc1cccc(-c3ccc(F)cc3)c1)CC2. The third-order valence-corrected chi connectivity index (χ3v) is 5.11. The largest absolute Gasteiger partial charge is 0.493 e. The summed E-state index contributed by atoms with van der Waals surface area (Å²) in [5, 5.41) is 3.50. The number of hydrogen-bond acceptors (Lipinski definition) is 3. The normalized spacial score (nSPS) is 15.6. The summed E-state index contributed by atoms with van der Waals surface area (Å²) in [6.07, 6.45) is 2.12. The molecule has 3 aromatic carbocycles. The minimum absolute atomic E-state index is 0.129. The van der Waals surface area contributed by atoms with Gasteiger partial charge < -0.3 is 14.8 Å². The molecule has 1 heterocycles. The molecule has 0 saturated heterocycles. The van der Waals surface area contributed by atoms with Crippen LogP contribution in [0.25, 0.3) is 11.1 Å². The van der Waals surface area contributed by atoms with Gasteiger partial charge in [0.2, 0.25) is 0 Å². The molecular formula is C24H24FNO2. The van der Waals surface area contributed by atoms with Crippen molar-refractivity contribution >= 4 is 0 Å². The van der Waals surface area contributed by atoms with Crippen LogP contribution in [-0.4, -0.2) is 19.8 Å². The van der Waals surface area contributed by atoms with E-state index in [0.29, 0.717) is 0 Å². The van der Waals surface area contributed by atoms with Crippen LogP contribution in [0.15, 0.2) is 66.7 Å². The minimum atomic E-state index is -0.216. The van der Waals surface area contributed by atoms with Crippen molar-refractivity contribution in [2.24, 2.45) is 0 Å². The summed E-state index contributed by atoms with van der Waals surface area (Å²) in [6.45, 7) is 1.53. The lowest BCUT2D eigenvalue weighted by molar-refractivity contribution is 0.163. The number of aryl methyl sites for hydroxylation is 1. The molecule has 0 aromatic heterocycles. The maximum atomic E-state index is 13.1. The molecule has 3 aromatic rings. The van der Waals surface area contributed by atoms with Crippen LogP contribution >= 0.6 is 0 Å². The molecule has 0 unspecified atom stereocenters. The molecule has 0 radical (unpaired) electrons. The Morgan fingerprint density at radius 1 is 1.04 bits per heavy atom. The predicted molar refractivity (Wildman–Crippen MR) is 109 cm³/mol. The van der Waals surface area contributed by atoms with E-state index in [-0.39, 0.29) is 11.9 Å². The molecule has 0 aliphatic carbocycles. The highest BCUT2D eigenvalue weighted by atomic mass is 19.1. The van der Waals surface area contributed by atoms with Crippen molar-refractivity contribution in [3.8, 4) is 22.6 Å². The van der Waals surface area contributed by atoms with E-state index < -0.39 is 0 Å². The van der Waals surface area contributed by atoms with E-state index in [0.717, 1.165) is 48.6 Å². The van der Waals surface area contributed by atoms with Crippen molar-refractivity contribution in [1.82, 2.24) is 5.32 Å². The molecule has 0 bridgehead atoms. The molecule has 144 valence electrons. The van der Waals surface area contributed by atoms with E-state index in [4.69, 9.17) is 9.47 Å². The molecule has 1 aliphatic heterocycles. The first-order valence-electron chi connectivity index (χ1n) is 9.61. The second kappa shape index (κ2) is 8.44. The molecule has 1 N–H and O–H groups in total. The maximum Gasteiger partial charge on any atom is 0.164 e. The van der Waals surface area contributed by atoms with E-state index in [9.17, 15) is 4.39 Å². The van der Waals surface area contributed by atoms with Gasteiger partial charge in [0, 0.05) is 13.1 Å². The van der Waals surface area contributed by atoms with Gasteiger partial charge in [-0.15, -0.1) is 0 Å². The number of para-hydroxylation sites is 1. The van der Waals surface area contributed by atoms with Gasteiger partial charge in [0.1, 0.15) is 11.9 Å². The van der Waals surface area contributed by atoms with Crippen LogP contribution in [0.3, 0.4) is 0 Å². The van der Waals surface area contributed by atoms with Gasteiger partial charge in [-0.05, 0) is 59.4 Å². The Kier molecular flexibility index (Phi) is 5.58. The lowest BCUT2D eigenvalue weighted by Gasteiger charge is -2.27. The lowest BCUT2D eigenvalue weighted by atomic mass is 10.0. The number of hydrogen-bond donors (Lipinski definition) is 1. The molecular weight excluding hydrogens is 353 g/mol. The first kappa shape index (κ1) is 18.5. The van der Waals surface area contributed by atoms with Gasteiger partial charge in [-0.3, -0.25) is 0 Å². The minimum Gasteiger partial charge on any atom is -0.493 e. The monoisotopic (exact) mass is 377 g/mol. The maximum absolute atomic E-state index is 13.1. The summed E-state index contributed by atoms with van der Waals surface area (Å²) in [4.78, 5) is 0. The Labute approximate surface area is 165 Å². The Morgan fingerprint density at radius 2 is 1.86 bits per heavy atom. The van der Waals surface area contributed by atoms with E-state index >= 15 is 0 Å². The number of methoxy groups -OCH3 is 1. The molecule has 1 aliphatic rings. The van der Waals surface area contributed by atoms with E-state index in [1.54, 1.807) is 7.11 Å². The van der Waals surface area contributed by atoms with Gasteiger partial charge >= 0.3 is 0 Å². The molecule has 0 fully saturated rings. The van der Waals surface area contributed by atoms with Crippen molar-refractivity contribution < 1.29 is 13.9 Å². The topological polar surface area (TPSA) is 30.5 Å². The average Bonchev–Trinajstić information content (AvgIpc) is 2.74. The third kappa shape index (κ3) is 4.18. The molecule has 0 spiro atoms. The highest BCUT2D eigenvalue weighted by molar-refractivity contribution is 5.64. The van der Waals surface area contributed by atoms with Gasteiger partial charge in [-0.1, -0.05) is 42.5 Å². The van der Waals surface area contributed by atoms with E-state index in [1.807, 2.05) is 36.4 Å². The van der Waals surface area contributed by atoms with Gasteiger partial charge in [-0.2, -0.15) is 0 Å².